The van der Waals surface area contributed by atoms with E-state index in [9.17, 15) is 4.79 Å². The lowest BCUT2D eigenvalue weighted by molar-refractivity contribution is -0.114. The quantitative estimate of drug-likeness (QED) is 0.505. The van der Waals surface area contributed by atoms with Crippen LogP contribution in [-0.2, 0) is 14.0 Å². The first-order valence-electron chi connectivity index (χ1n) is 10.6. The fraction of sp³-hybridized carbons (Fsp3) is 0.440. The van der Waals surface area contributed by atoms with Crippen molar-refractivity contribution in [3.05, 3.63) is 60.7 Å². The van der Waals surface area contributed by atoms with E-state index in [1.54, 1.807) is 0 Å². The Bertz CT molecular complexity index is 810. The summed E-state index contributed by atoms with van der Waals surface area (Å²) in [6.45, 7) is 7.74. The van der Waals surface area contributed by atoms with Crippen molar-refractivity contribution in [1.29, 1.82) is 5.26 Å². The zero-order chi connectivity index (χ0) is 21.6. The van der Waals surface area contributed by atoms with Crippen LogP contribution in [0.25, 0.3) is 0 Å². The minimum absolute atomic E-state index is 0.0170. The van der Waals surface area contributed by atoms with Crippen molar-refractivity contribution >= 4 is 25.0 Å². The molecule has 4 nitrogen and oxygen atoms in total. The van der Waals surface area contributed by atoms with Crippen LogP contribution in [0.4, 0.5) is 0 Å². The van der Waals surface area contributed by atoms with Gasteiger partial charge in [-0.15, -0.1) is 0 Å². The van der Waals surface area contributed by atoms with Gasteiger partial charge in [-0.1, -0.05) is 81.4 Å². The summed E-state index contributed by atoms with van der Waals surface area (Å²) in [5.41, 5.74) is 0. The maximum absolute atomic E-state index is 11.1. The van der Waals surface area contributed by atoms with Gasteiger partial charge in [-0.05, 0) is 28.3 Å². The first-order valence-corrected chi connectivity index (χ1v) is 12.5. The summed E-state index contributed by atoms with van der Waals surface area (Å²) >= 11 is 0. The van der Waals surface area contributed by atoms with Gasteiger partial charge in [0.1, 0.15) is 12.2 Å². The molecule has 0 aliphatic carbocycles. The number of carbonyl (C=O) groups excluding carboxylic acids is 1. The van der Waals surface area contributed by atoms with Gasteiger partial charge < -0.3 is 14.0 Å². The monoisotopic (exact) mass is 421 g/mol. The maximum Gasteiger partial charge on any atom is 0.261 e. The Morgan fingerprint density at radius 3 is 2.07 bits per heavy atom. The molecule has 2 aromatic rings. The van der Waals surface area contributed by atoms with Gasteiger partial charge in [0.25, 0.3) is 8.32 Å². The van der Waals surface area contributed by atoms with Crippen molar-refractivity contribution in [3.8, 4) is 6.07 Å². The molecule has 0 bridgehead atoms. The maximum atomic E-state index is 11.1. The third kappa shape index (κ3) is 4.56. The number of nitriles is 1. The van der Waals surface area contributed by atoms with E-state index in [0.717, 1.165) is 19.1 Å². The number of benzene rings is 2. The predicted octanol–water partition coefficient (Wildman–Crippen LogP) is 3.70. The third-order valence-electron chi connectivity index (χ3n) is 6.11. The lowest BCUT2D eigenvalue weighted by Crippen LogP contribution is -2.67. The second-order valence-electron chi connectivity index (χ2n) is 9.06. The summed E-state index contributed by atoms with van der Waals surface area (Å²) in [5.74, 6) is -0.597. The average molecular weight is 422 g/mol. The van der Waals surface area contributed by atoms with Gasteiger partial charge in [0.15, 0.2) is 0 Å². The van der Waals surface area contributed by atoms with Crippen molar-refractivity contribution < 1.29 is 14.0 Å². The first kappa shape index (κ1) is 22.4. The number of rotatable bonds is 7. The van der Waals surface area contributed by atoms with Crippen molar-refractivity contribution in [2.45, 2.75) is 44.8 Å². The Balaban J connectivity index is 1.85. The molecule has 158 valence electrons. The van der Waals surface area contributed by atoms with Gasteiger partial charge in [0.05, 0.1) is 25.4 Å². The van der Waals surface area contributed by atoms with E-state index in [0.29, 0.717) is 13.2 Å². The molecule has 30 heavy (non-hydrogen) atoms. The highest BCUT2D eigenvalue weighted by atomic mass is 28.4. The number of aldehydes is 1. The zero-order valence-electron chi connectivity index (χ0n) is 18.1. The predicted molar refractivity (Wildman–Crippen MR) is 121 cm³/mol. The number of carbonyl (C=O) groups is 1. The average Bonchev–Trinajstić information content (AvgIpc) is 2.76. The van der Waals surface area contributed by atoms with E-state index in [1.165, 1.54) is 10.4 Å². The van der Waals surface area contributed by atoms with Crippen LogP contribution in [0.3, 0.4) is 0 Å². The van der Waals surface area contributed by atoms with Crippen LogP contribution >= 0.6 is 0 Å². The van der Waals surface area contributed by atoms with E-state index >= 15 is 0 Å². The van der Waals surface area contributed by atoms with Crippen LogP contribution in [0.5, 0.6) is 0 Å². The van der Waals surface area contributed by atoms with Crippen LogP contribution in [0.2, 0.25) is 5.04 Å². The molecule has 2 aromatic carbocycles. The molecule has 1 fully saturated rings. The van der Waals surface area contributed by atoms with Crippen LogP contribution in [-0.4, -0.2) is 33.9 Å². The summed E-state index contributed by atoms with van der Waals surface area (Å²) in [6, 6.07) is 23.2. The molecule has 0 saturated carbocycles. The summed E-state index contributed by atoms with van der Waals surface area (Å²) < 4.78 is 13.0. The van der Waals surface area contributed by atoms with Crippen LogP contribution in [0.15, 0.2) is 60.7 Å². The largest absolute Gasteiger partial charge is 0.405 e. The number of hydrogen-bond donors (Lipinski definition) is 0. The van der Waals surface area contributed by atoms with Crippen LogP contribution in [0, 0.1) is 23.2 Å². The molecule has 3 rings (SSSR count). The standard InChI is InChI=1S/C25H31NO3Si/c1-25(2,3)30(23-10-6-4-7-11-23,24-12-8-5-9-13-24)29-19-22-15-14-20(18-28-22)21(16-26)17-27/h4-13,17,20-22H,14-15,18-19H2,1-3H3. The van der Waals surface area contributed by atoms with Gasteiger partial charge >= 0.3 is 0 Å². The van der Waals surface area contributed by atoms with Crippen molar-refractivity contribution in [2.75, 3.05) is 13.2 Å². The molecule has 0 aromatic heterocycles. The van der Waals surface area contributed by atoms with E-state index < -0.39 is 14.2 Å². The molecular formula is C25H31NO3Si. The Kier molecular flexibility index (Phi) is 7.25. The Hall–Kier alpha value is -2.26. The highest BCUT2D eigenvalue weighted by Crippen LogP contribution is 2.37. The Morgan fingerprint density at radius 2 is 1.67 bits per heavy atom. The molecular weight excluding hydrogens is 390 g/mol. The second-order valence-corrected chi connectivity index (χ2v) is 13.4. The first-order chi connectivity index (χ1) is 14.4. The summed E-state index contributed by atoms with van der Waals surface area (Å²) in [7, 11) is -2.57. The molecule has 0 spiro atoms. The van der Waals surface area contributed by atoms with Gasteiger partial charge in [-0.25, -0.2) is 0 Å². The van der Waals surface area contributed by atoms with Crippen molar-refractivity contribution in [3.63, 3.8) is 0 Å². The van der Waals surface area contributed by atoms with Gasteiger partial charge in [0.2, 0.25) is 0 Å². The lowest BCUT2D eigenvalue weighted by atomic mass is 9.88. The Labute approximate surface area is 181 Å². The normalized spacial score (nSPS) is 20.9. The zero-order valence-corrected chi connectivity index (χ0v) is 19.1. The van der Waals surface area contributed by atoms with E-state index in [2.05, 4.69) is 75.4 Å². The fourth-order valence-electron chi connectivity index (χ4n) is 4.47. The van der Waals surface area contributed by atoms with Crippen LogP contribution < -0.4 is 10.4 Å². The molecule has 1 aliphatic rings. The number of ether oxygens (including phenoxy) is 1. The molecule has 0 N–H and O–H groups in total. The van der Waals surface area contributed by atoms with E-state index in [-0.39, 0.29) is 17.1 Å². The molecule has 1 saturated heterocycles. The fourth-order valence-corrected chi connectivity index (χ4v) is 9.06. The third-order valence-corrected chi connectivity index (χ3v) is 11.1. The highest BCUT2D eigenvalue weighted by Gasteiger charge is 2.50. The van der Waals surface area contributed by atoms with Gasteiger partial charge in [0, 0.05) is 5.92 Å². The van der Waals surface area contributed by atoms with Gasteiger partial charge in [-0.2, -0.15) is 5.26 Å². The highest BCUT2D eigenvalue weighted by molar-refractivity contribution is 6.99. The van der Waals surface area contributed by atoms with Crippen molar-refractivity contribution in [2.24, 2.45) is 11.8 Å². The smallest absolute Gasteiger partial charge is 0.261 e. The molecule has 0 radical (unpaired) electrons. The minimum Gasteiger partial charge on any atom is -0.405 e. The SMILES string of the molecule is CC(C)(C)[Si](OCC1CCC(C(C#N)C=O)CO1)(c1ccccc1)c1ccccc1. The summed E-state index contributed by atoms with van der Waals surface area (Å²) in [4.78, 5) is 11.1. The van der Waals surface area contributed by atoms with Crippen LogP contribution in [0.1, 0.15) is 33.6 Å². The van der Waals surface area contributed by atoms with Gasteiger partial charge in [-0.3, -0.25) is 0 Å². The Morgan fingerprint density at radius 1 is 1.10 bits per heavy atom. The lowest BCUT2D eigenvalue weighted by Gasteiger charge is -2.44. The topological polar surface area (TPSA) is 59.3 Å². The minimum atomic E-state index is -2.57. The number of hydrogen-bond acceptors (Lipinski definition) is 4. The van der Waals surface area contributed by atoms with Crippen molar-refractivity contribution in [1.82, 2.24) is 0 Å². The summed E-state index contributed by atoms with van der Waals surface area (Å²) in [6.07, 6.45) is 2.34. The molecule has 3 atom stereocenters. The summed E-state index contributed by atoms with van der Waals surface area (Å²) in [5, 5.41) is 11.6. The second kappa shape index (κ2) is 9.70. The molecule has 0 amide bonds. The van der Waals surface area contributed by atoms with E-state index in [1.807, 2.05) is 12.1 Å². The molecule has 3 unspecified atom stereocenters. The van der Waals surface area contributed by atoms with E-state index in [4.69, 9.17) is 14.4 Å². The molecule has 1 heterocycles. The molecule has 5 heteroatoms. The molecule has 1 aliphatic heterocycles. The number of nitrogens with zero attached hydrogens (tertiary/aromatic N) is 1.